The second kappa shape index (κ2) is 4.66. The first-order valence-corrected chi connectivity index (χ1v) is 4.37. The van der Waals surface area contributed by atoms with E-state index in [1.807, 2.05) is 0 Å². The van der Waals surface area contributed by atoms with Crippen LogP contribution in [0.15, 0.2) is 12.1 Å². The molecule has 0 spiro atoms. The molecule has 0 aliphatic rings. The number of rotatable bonds is 2. The first-order valence-electron chi connectivity index (χ1n) is 3.99. The van der Waals surface area contributed by atoms with Crippen LogP contribution in [-0.4, -0.2) is 17.7 Å². The van der Waals surface area contributed by atoms with Crippen molar-refractivity contribution >= 4 is 29.2 Å². The van der Waals surface area contributed by atoms with Crippen molar-refractivity contribution in [1.29, 1.82) is 0 Å². The van der Waals surface area contributed by atoms with E-state index >= 15 is 0 Å². The van der Waals surface area contributed by atoms with E-state index in [0.29, 0.717) is 12.3 Å². The minimum Gasteiger partial charge on any atom is -0.450 e. The van der Waals surface area contributed by atoms with Gasteiger partial charge in [-0.2, -0.15) is 0 Å². The number of ether oxygens (including phenoxy) is 1. The number of nitrogens with one attached hydrogen (secondary N) is 1. The summed E-state index contributed by atoms with van der Waals surface area (Å²) in [5.41, 5.74) is 5.88. The van der Waals surface area contributed by atoms with Crippen molar-refractivity contribution in [3.8, 4) is 0 Å². The van der Waals surface area contributed by atoms with Gasteiger partial charge >= 0.3 is 6.09 Å². The van der Waals surface area contributed by atoms with Gasteiger partial charge in [-0.1, -0.05) is 11.6 Å². The summed E-state index contributed by atoms with van der Waals surface area (Å²) in [5, 5.41) is 2.71. The number of pyridine rings is 1. The lowest BCUT2D eigenvalue weighted by atomic mass is 10.4. The van der Waals surface area contributed by atoms with Gasteiger partial charge in [-0.3, -0.25) is 5.32 Å². The number of hydrogen-bond donors (Lipinski definition) is 2. The zero-order valence-electron chi connectivity index (χ0n) is 7.58. The summed E-state index contributed by atoms with van der Waals surface area (Å²) in [7, 11) is 0. The second-order valence-corrected chi connectivity index (χ2v) is 2.80. The van der Waals surface area contributed by atoms with Gasteiger partial charge in [0, 0.05) is 0 Å². The number of nitrogens with two attached hydrogens (primary N) is 1. The van der Waals surface area contributed by atoms with E-state index in [9.17, 15) is 4.79 Å². The Morgan fingerprint density at radius 3 is 3.00 bits per heavy atom. The van der Waals surface area contributed by atoms with Gasteiger partial charge in [0.25, 0.3) is 0 Å². The number of nitrogens with zero attached hydrogens (tertiary/aromatic N) is 1. The van der Waals surface area contributed by atoms with E-state index in [2.05, 4.69) is 15.0 Å². The maximum Gasteiger partial charge on any atom is 0.411 e. The van der Waals surface area contributed by atoms with Gasteiger partial charge in [0.15, 0.2) is 0 Å². The highest BCUT2D eigenvalue weighted by molar-refractivity contribution is 6.29. The molecule has 6 heteroatoms. The molecular weight excluding hydrogens is 206 g/mol. The molecule has 0 saturated heterocycles. The summed E-state index contributed by atoms with van der Waals surface area (Å²) in [5.74, 6) is 0.158. The molecule has 0 atom stereocenters. The Morgan fingerprint density at radius 1 is 1.71 bits per heavy atom. The van der Waals surface area contributed by atoms with Crippen LogP contribution < -0.4 is 11.1 Å². The number of carbonyl (C=O) groups is 1. The Kier molecular flexibility index (Phi) is 3.53. The number of halogens is 1. The van der Waals surface area contributed by atoms with Gasteiger partial charge in [-0.05, 0) is 19.1 Å². The monoisotopic (exact) mass is 215 g/mol. The molecule has 1 rings (SSSR count). The molecule has 1 aromatic rings. The maximum absolute atomic E-state index is 11.0. The Bertz CT molecular complexity index is 343. The summed E-state index contributed by atoms with van der Waals surface area (Å²) in [6.45, 7) is 2.01. The predicted octanol–water partition coefficient (Wildman–Crippen LogP) is 1.89. The zero-order chi connectivity index (χ0) is 10.6. The van der Waals surface area contributed by atoms with Crippen LogP contribution in [0.2, 0.25) is 5.15 Å². The summed E-state index contributed by atoms with van der Waals surface area (Å²) in [6, 6.07) is 3.08. The number of carbonyl (C=O) groups excluding carboxylic acids is 1. The fourth-order valence-corrected chi connectivity index (χ4v) is 0.987. The number of amides is 1. The van der Waals surface area contributed by atoms with Crippen LogP contribution in [0.3, 0.4) is 0 Å². The Balaban J connectivity index is 2.72. The van der Waals surface area contributed by atoms with Crippen LogP contribution in [0, 0.1) is 0 Å². The lowest BCUT2D eigenvalue weighted by molar-refractivity contribution is 0.168. The minimum atomic E-state index is -0.566. The van der Waals surface area contributed by atoms with E-state index in [4.69, 9.17) is 17.3 Å². The normalized spacial score (nSPS) is 9.57. The standard InChI is InChI=1S/C8H10ClN3O2/c1-2-14-8(13)11-5-3-4-6(9)12-7(5)10/h3-4H,2H2,1H3,(H2,10,12)(H,11,13). The average Bonchev–Trinajstić information content (AvgIpc) is 2.10. The summed E-state index contributed by atoms with van der Waals surface area (Å²) in [4.78, 5) is 14.8. The molecule has 76 valence electrons. The van der Waals surface area contributed by atoms with Crippen molar-refractivity contribution in [2.45, 2.75) is 6.92 Å². The van der Waals surface area contributed by atoms with Crippen molar-refractivity contribution in [3.63, 3.8) is 0 Å². The third-order valence-electron chi connectivity index (χ3n) is 1.40. The third kappa shape index (κ3) is 2.77. The maximum atomic E-state index is 11.0. The van der Waals surface area contributed by atoms with E-state index in [-0.39, 0.29) is 11.0 Å². The van der Waals surface area contributed by atoms with Crippen molar-refractivity contribution in [2.75, 3.05) is 17.7 Å². The lowest BCUT2D eigenvalue weighted by Gasteiger charge is -2.06. The molecule has 0 radical (unpaired) electrons. The molecule has 1 aromatic heterocycles. The molecule has 0 bridgehead atoms. The Hall–Kier alpha value is -1.49. The molecule has 14 heavy (non-hydrogen) atoms. The fourth-order valence-electron chi connectivity index (χ4n) is 0.833. The molecule has 1 amide bonds. The second-order valence-electron chi connectivity index (χ2n) is 2.41. The van der Waals surface area contributed by atoms with E-state index in [0.717, 1.165) is 0 Å². The molecular formula is C8H10ClN3O2. The Labute approximate surface area is 86.2 Å². The quantitative estimate of drug-likeness (QED) is 0.739. The van der Waals surface area contributed by atoms with Crippen molar-refractivity contribution in [1.82, 2.24) is 4.98 Å². The van der Waals surface area contributed by atoms with E-state index in [1.54, 1.807) is 13.0 Å². The smallest absolute Gasteiger partial charge is 0.411 e. The molecule has 0 saturated carbocycles. The molecule has 3 N–H and O–H groups in total. The number of nitrogen functional groups attached to an aromatic ring is 1. The number of aromatic nitrogens is 1. The first kappa shape index (κ1) is 10.6. The molecule has 0 aromatic carbocycles. The number of anilines is 2. The fraction of sp³-hybridized carbons (Fsp3) is 0.250. The largest absolute Gasteiger partial charge is 0.450 e. The minimum absolute atomic E-state index is 0.158. The van der Waals surface area contributed by atoms with Crippen molar-refractivity contribution < 1.29 is 9.53 Å². The van der Waals surface area contributed by atoms with Gasteiger partial charge in [0.05, 0.1) is 12.3 Å². The highest BCUT2D eigenvalue weighted by Gasteiger charge is 2.06. The van der Waals surface area contributed by atoms with E-state index in [1.165, 1.54) is 6.07 Å². The third-order valence-corrected chi connectivity index (χ3v) is 1.61. The summed E-state index contributed by atoms with van der Waals surface area (Å²) >= 11 is 5.58. The highest BCUT2D eigenvalue weighted by atomic mass is 35.5. The van der Waals surface area contributed by atoms with Gasteiger partial charge in [-0.15, -0.1) is 0 Å². The SMILES string of the molecule is CCOC(=O)Nc1ccc(Cl)nc1N. The van der Waals surface area contributed by atoms with Crippen molar-refractivity contribution in [2.24, 2.45) is 0 Å². The van der Waals surface area contributed by atoms with Crippen LogP contribution in [-0.2, 0) is 4.74 Å². The van der Waals surface area contributed by atoms with Gasteiger partial charge in [0.2, 0.25) is 0 Å². The predicted molar refractivity (Wildman–Crippen MR) is 54.3 cm³/mol. The van der Waals surface area contributed by atoms with Crippen LogP contribution in [0.25, 0.3) is 0 Å². The van der Waals surface area contributed by atoms with Gasteiger partial charge in [-0.25, -0.2) is 9.78 Å². The van der Waals surface area contributed by atoms with Crippen LogP contribution in [0.1, 0.15) is 6.92 Å². The zero-order valence-corrected chi connectivity index (χ0v) is 8.34. The average molecular weight is 216 g/mol. The molecule has 5 nitrogen and oxygen atoms in total. The number of hydrogen-bond acceptors (Lipinski definition) is 4. The molecule has 0 fully saturated rings. The lowest BCUT2D eigenvalue weighted by Crippen LogP contribution is -2.14. The van der Waals surface area contributed by atoms with Crippen LogP contribution >= 0.6 is 11.6 Å². The van der Waals surface area contributed by atoms with E-state index < -0.39 is 6.09 Å². The summed E-state index contributed by atoms with van der Waals surface area (Å²) < 4.78 is 4.66. The first-order chi connectivity index (χ1) is 6.63. The highest BCUT2D eigenvalue weighted by Crippen LogP contribution is 2.18. The molecule has 0 unspecified atom stereocenters. The summed E-state index contributed by atoms with van der Waals surface area (Å²) in [6.07, 6.45) is -0.566. The topological polar surface area (TPSA) is 77.2 Å². The van der Waals surface area contributed by atoms with Gasteiger partial charge < -0.3 is 10.5 Å². The van der Waals surface area contributed by atoms with Crippen LogP contribution in [0.5, 0.6) is 0 Å². The van der Waals surface area contributed by atoms with Crippen LogP contribution in [0.4, 0.5) is 16.3 Å². The van der Waals surface area contributed by atoms with Gasteiger partial charge in [0.1, 0.15) is 11.0 Å². The molecule has 0 aliphatic carbocycles. The van der Waals surface area contributed by atoms with Crippen molar-refractivity contribution in [3.05, 3.63) is 17.3 Å². The Morgan fingerprint density at radius 2 is 2.43 bits per heavy atom. The molecule has 0 aliphatic heterocycles. The molecule has 1 heterocycles.